The third-order valence-electron chi connectivity index (χ3n) is 9.14. The van der Waals surface area contributed by atoms with E-state index >= 15 is 0 Å². The van der Waals surface area contributed by atoms with Gasteiger partial charge in [0.1, 0.15) is 28.8 Å². The summed E-state index contributed by atoms with van der Waals surface area (Å²) in [6.45, 7) is 7.32. The molecule has 0 aromatic carbocycles. The second kappa shape index (κ2) is 8.59. The maximum atomic E-state index is 13.6. The molecule has 200 valence electrons. The van der Waals surface area contributed by atoms with Gasteiger partial charge in [-0.1, -0.05) is 6.42 Å². The molecule has 3 fully saturated rings. The predicted molar refractivity (Wildman–Crippen MR) is 141 cm³/mol. The van der Waals surface area contributed by atoms with Crippen molar-refractivity contribution in [1.82, 2.24) is 25.1 Å². The lowest BCUT2D eigenvalue weighted by atomic mass is 9.66. The summed E-state index contributed by atoms with van der Waals surface area (Å²) in [4.78, 5) is 29.1. The molecule has 38 heavy (non-hydrogen) atoms. The van der Waals surface area contributed by atoms with Crippen molar-refractivity contribution >= 4 is 33.2 Å². The van der Waals surface area contributed by atoms with E-state index in [-0.39, 0.29) is 29.2 Å². The van der Waals surface area contributed by atoms with Crippen LogP contribution in [0.3, 0.4) is 0 Å². The minimum Gasteiger partial charge on any atom is -0.350 e. The lowest BCUT2D eigenvalue weighted by Crippen LogP contribution is -2.63. The van der Waals surface area contributed by atoms with Gasteiger partial charge < -0.3 is 14.7 Å². The topological polar surface area (TPSA) is 136 Å². The zero-order valence-corrected chi connectivity index (χ0v) is 22.8. The monoisotopic (exact) mass is 536 g/mol. The Morgan fingerprint density at radius 3 is 2.53 bits per heavy atom. The summed E-state index contributed by atoms with van der Waals surface area (Å²) in [6.07, 6.45) is 7.08. The third-order valence-corrected chi connectivity index (χ3v) is 11.7. The number of rotatable bonds is 3. The number of sulfone groups is 1. The third kappa shape index (κ3) is 3.51. The first-order valence-electron chi connectivity index (χ1n) is 13.3. The molecule has 2 saturated heterocycles. The second-order valence-electron chi connectivity index (χ2n) is 11.5. The first kappa shape index (κ1) is 25.0. The molecule has 11 nitrogen and oxygen atoms in total. The number of amides is 1. The Labute approximate surface area is 222 Å². The summed E-state index contributed by atoms with van der Waals surface area (Å²) in [7, 11) is -3.46. The van der Waals surface area contributed by atoms with Gasteiger partial charge in [0.25, 0.3) is 0 Å². The zero-order valence-electron chi connectivity index (χ0n) is 22.0. The standard InChI is InChI=1S/C26H32N8O3S/c1-17-14-33(24(35)25(3)6-5-9-38(25,36)37)18(2)13-32(17)22-21-23(29-16-28-22)34(15-26(21)7-4-8-26)20-10-19(11-27)12-30-31-20/h10,12,16-18H,4-9,13-15H2,1-3H3/t17-,18+,25+/m0/s1. The number of carbonyl (C=O) groups is 1. The lowest BCUT2D eigenvalue weighted by Gasteiger charge is -2.48. The van der Waals surface area contributed by atoms with Crippen molar-refractivity contribution in [2.24, 2.45) is 0 Å². The van der Waals surface area contributed by atoms with Crippen molar-refractivity contribution in [3.63, 3.8) is 0 Å². The molecule has 5 heterocycles. The maximum Gasteiger partial charge on any atom is 0.244 e. The molecular weight excluding hydrogens is 504 g/mol. The number of nitriles is 1. The SMILES string of the molecule is C[C@@H]1CN(c2ncnc3c2C2(CCC2)CN3c2cc(C#N)cnn2)[C@@H](C)CN1C(=O)[C@@]1(C)CCCS1(=O)=O. The molecule has 1 saturated carbocycles. The highest BCUT2D eigenvalue weighted by atomic mass is 32.2. The smallest absolute Gasteiger partial charge is 0.244 e. The molecular formula is C26H32N8O3S. The molecule has 0 radical (unpaired) electrons. The van der Waals surface area contributed by atoms with E-state index in [4.69, 9.17) is 4.98 Å². The van der Waals surface area contributed by atoms with Gasteiger partial charge in [-0.2, -0.15) is 10.4 Å². The Morgan fingerprint density at radius 1 is 1.11 bits per heavy atom. The molecule has 0 bridgehead atoms. The summed E-state index contributed by atoms with van der Waals surface area (Å²) in [6, 6.07) is 3.64. The van der Waals surface area contributed by atoms with E-state index < -0.39 is 14.6 Å². The molecule has 1 spiro atoms. The van der Waals surface area contributed by atoms with E-state index in [9.17, 15) is 18.5 Å². The molecule has 12 heteroatoms. The van der Waals surface area contributed by atoms with Crippen molar-refractivity contribution < 1.29 is 13.2 Å². The van der Waals surface area contributed by atoms with Crippen molar-refractivity contribution in [1.29, 1.82) is 5.26 Å². The number of piperazine rings is 1. The fraction of sp³-hybridized carbons (Fsp3) is 0.615. The van der Waals surface area contributed by atoms with Crippen LogP contribution in [0.5, 0.6) is 0 Å². The van der Waals surface area contributed by atoms with Crippen LogP contribution in [0, 0.1) is 11.3 Å². The van der Waals surface area contributed by atoms with Crippen LogP contribution < -0.4 is 9.80 Å². The van der Waals surface area contributed by atoms with Gasteiger partial charge in [-0.05, 0) is 46.5 Å². The van der Waals surface area contributed by atoms with E-state index in [0.717, 1.165) is 36.5 Å². The van der Waals surface area contributed by atoms with Crippen molar-refractivity contribution in [2.75, 3.05) is 35.2 Å². The second-order valence-corrected chi connectivity index (χ2v) is 14.0. The fourth-order valence-corrected chi connectivity index (χ4v) is 8.51. The Kier molecular flexibility index (Phi) is 5.65. The number of anilines is 3. The van der Waals surface area contributed by atoms with Crippen molar-refractivity contribution in [3.8, 4) is 6.07 Å². The summed E-state index contributed by atoms with van der Waals surface area (Å²) >= 11 is 0. The van der Waals surface area contributed by atoms with Gasteiger partial charge in [-0.15, -0.1) is 5.10 Å². The van der Waals surface area contributed by atoms with E-state index in [2.05, 4.69) is 33.1 Å². The van der Waals surface area contributed by atoms with Crippen molar-refractivity contribution in [3.05, 3.63) is 29.7 Å². The van der Waals surface area contributed by atoms with Crippen LogP contribution in [-0.2, 0) is 20.0 Å². The minimum atomic E-state index is -3.46. The van der Waals surface area contributed by atoms with E-state index in [0.29, 0.717) is 43.9 Å². The first-order valence-corrected chi connectivity index (χ1v) is 14.9. The summed E-state index contributed by atoms with van der Waals surface area (Å²) in [5, 5.41) is 17.7. The molecule has 3 aliphatic heterocycles. The average molecular weight is 537 g/mol. The number of aromatic nitrogens is 4. The van der Waals surface area contributed by atoms with Crippen LogP contribution in [0.1, 0.15) is 64.0 Å². The summed E-state index contributed by atoms with van der Waals surface area (Å²) in [5.41, 5.74) is 1.44. The summed E-state index contributed by atoms with van der Waals surface area (Å²) in [5.74, 6) is 2.06. The molecule has 3 atom stereocenters. The van der Waals surface area contributed by atoms with Crippen LogP contribution in [0.4, 0.5) is 17.5 Å². The maximum absolute atomic E-state index is 13.6. The number of nitrogens with zero attached hydrogens (tertiary/aromatic N) is 8. The Morgan fingerprint density at radius 2 is 1.87 bits per heavy atom. The van der Waals surface area contributed by atoms with Gasteiger partial charge in [0.2, 0.25) is 5.91 Å². The van der Waals surface area contributed by atoms with Crippen LogP contribution >= 0.6 is 0 Å². The van der Waals surface area contributed by atoms with E-state index in [1.54, 1.807) is 24.2 Å². The van der Waals surface area contributed by atoms with Crippen LogP contribution in [0.2, 0.25) is 0 Å². The summed E-state index contributed by atoms with van der Waals surface area (Å²) < 4.78 is 24.2. The molecule has 0 unspecified atom stereocenters. The Hall–Kier alpha value is -3.33. The molecule has 6 rings (SSSR count). The fourth-order valence-electron chi connectivity index (χ4n) is 6.70. The minimum absolute atomic E-state index is 0.0604. The number of carbonyl (C=O) groups excluding carboxylic acids is 1. The average Bonchev–Trinajstić information content (AvgIpc) is 3.39. The van der Waals surface area contributed by atoms with Crippen molar-refractivity contribution in [2.45, 2.75) is 75.1 Å². The zero-order chi connectivity index (χ0) is 26.9. The first-order chi connectivity index (χ1) is 18.1. The van der Waals surface area contributed by atoms with Gasteiger partial charge in [-0.3, -0.25) is 4.79 Å². The van der Waals surface area contributed by atoms with E-state index in [1.165, 1.54) is 6.20 Å². The van der Waals surface area contributed by atoms with Crippen LogP contribution in [0.25, 0.3) is 0 Å². The number of hydrogen-bond donors (Lipinski definition) is 0. The van der Waals surface area contributed by atoms with Crippen LogP contribution in [-0.4, -0.2) is 81.6 Å². The van der Waals surface area contributed by atoms with Gasteiger partial charge in [-0.25, -0.2) is 18.4 Å². The van der Waals surface area contributed by atoms with E-state index in [1.807, 2.05) is 11.8 Å². The molecule has 2 aromatic rings. The highest BCUT2D eigenvalue weighted by Gasteiger charge is 2.54. The van der Waals surface area contributed by atoms with Gasteiger partial charge in [0, 0.05) is 48.8 Å². The molecule has 1 aliphatic carbocycles. The molecule has 2 aromatic heterocycles. The molecule has 4 aliphatic rings. The number of fused-ring (bicyclic) bond motifs is 2. The Balaban J connectivity index is 1.34. The van der Waals surface area contributed by atoms with Gasteiger partial charge >= 0.3 is 0 Å². The predicted octanol–water partition coefficient (Wildman–Crippen LogP) is 2.10. The number of hydrogen-bond acceptors (Lipinski definition) is 10. The highest BCUT2D eigenvalue weighted by molar-refractivity contribution is 7.93. The normalized spacial score (nSPS) is 29.2. The molecule has 1 amide bonds. The highest BCUT2D eigenvalue weighted by Crippen LogP contribution is 2.56. The quantitative estimate of drug-likeness (QED) is 0.573. The Bertz CT molecular complexity index is 1450. The van der Waals surface area contributed by atoms with Gasteiger partial charge in [0.15, 0.2) is 15.7 Å². The largest absolute Gasteiger partial charge is 0.350 e. The lowest BCUT2D eigenvalue weighted by molar-refractivity contribution is -0.136. The van der Waals surface area contributed by atoms with Gasteiger partial charge in [0.05, 0.1) is 17.5 Å². The molecule has 0 N–H and O–H groups in total. The van der Waals surface area contributed by atoms with Crippen LogP contribution in [0.15, 0.2) is 18.6 Å².